The molecule has 0 aromatic carbocycles. The minimum absolute atomic E-state index is 0.181. The van der Waals surface area contributed by atoms with Gasteiger partial charge in [0.2, 0.25) is 0 Å². The van der Waals surface area contributed by atoms with Gasteiger partial charge in [0.05, 0.1) is 19.8 Å². The van der Waals surface area contributed by atoms with Gasteiger partial charge in [-0.1, -0.05) is 6.92 Å². The highest BCUT2D eigenvalue weighted by Gasteiger charge is 2.20. The molecule has 0 unspecified atom stereocenters. The minimum atomic E-state index is -4.67. The fraction of sp³-hybridized carbons (Fsp3) is 1.00. The smallest absolute Gasteiger partial charge is 0.394 e. The largest absolute Gasteiger partial charge is 0.396 e. The van der Waals surface area contributed by atoms with Gasteiger partial charge in [-0.15, -0.1) is 0 Å². The SMILES string of the molecule is CC(CO)(CO)CO.O=S(=O)(O)O. The van der Waals surface area contributed by atoms with Gasteiger partial charge in [-0.3, -0.25) is 9.11 Å². The molecular weight excluding hydrogens is 204 g/mol. The average Bonchev–Trinajstić information content (AvgIpc) is 2.00. The summed E-state index contributed by atoms with van der Waals surface area (Å²) in [6.45, 7) is 1.06. The summed E-state index contributed by atoms with van der Waals surface area (Å²) in [4.78, 5) is 0. The average molecular weight is 218 g/mol. The molecule has 7 nitrogen and oxygen atoms in total. The van der Waals surface area contributed by atoms with Gasteiger partial charge >= 0.3 is 10.4 Å². The number of hydrogen-bond donors (Lipinski definition) is 5. The van der Waals surface area contributed by atoms with E-state index in [2.05, 4.69) is 0 Å². The second-order valence-corrected chi connectivity index (χ2v) is 3.63. The lowest BCUT2D eigenvalue weighted by Crippen LogP contribution is -2.29. The Balaban J connectivity index is 0. The molecule has 0 spiro atoms. The van der Waals surface area contributed by atoms with Crippen molar-refractivity contribution >= 4 is 10.4 Å². The van der Waals surface area contributed by atoms with E-state index in [0.29, 0.717) is 0 Å². The normalized spacial score (nSPS) is 11.8. The van der Waals surface area contributed by atoms with Crippen LogP contribution in [0.2, 0.25) is 0 Å². The Labute approximate surface area is 76.2 Å². The van der Waals surface area contributed by atoms with Gasteiger partial charge in [0.1, 0.15) is 0 Å². The third-order valence-corrected chi connectivity index (χ3v) is 1.15. The van der Waals surface area contributed by atoms with Crippen molar-refractivity contribution in [1.82, 2.24) is 0 Å². The van der Waals surface area contributed by atoms with E-state index in [9.17, 15) is 0 Å². The topological polar surface area (TPSA) is 135 Å². The third-order valence-electron chi connectivity index (χ3n) is 1.15. The molecule has 0 aliphatic carbocycles. The summed E-state index contributed by atoms with van der Waals surface area (Å²) >= 11 is 0. The van der Waals surface area contributed by atoms with E-state index in [-0.39, 0.29) is 19.8 Å². The van der Waals surface area contributed by atoms with Crippen LogP contribution in [-0.2, 0) is 10.4 Å². The van der Waals surface area contributed by atoms with Crippen molar-refractivity contribution in [3.8, 4) is 0 Å². The Kier molecular flexibility index (Phi) is 7.31. The summed E-state index contributed by atoms with van der Waals surface area (Å²) in [5.74, 6) is 0. The summed E-state index contributed by atoms with van der Waals surface area (Å²) in [6, 6.07) is 0. The lowest BCUT2D eigenvalue weighted by Gasteiger charge is -2.20. The highest BCUT2D eigenvalue weighted by Crippen LogP contribution is 2.10. The maximum absolute atomic E-state index is 8.74. The molecule has 5 N–H and O–H groups in total. The van der Waals surface area contributed by atoms with E-state index in [0.717, 1.165) is 0 Å². The molecule has 82 valence electrons. The molecule has 0 heterocycles. The van der Waals surface area contributed by atoms with Crippen molar-refractivity contribution in [2.45, 2.75) is 6.92 Å². The Morgan fingerprint density at radius 2 is 1.15 bits per heavy atom. The Bertz CT molecular complexity index is 189. The molecule has 0 rings (SSSR count). The predicted octanol–water partition coefficient (Wildman–Crippen LogP) is -1.68. The molecule has 0 radical (unpaired) electrons. The summed E-state index contributed by atoms with van der Waals surface area (Å²) in [5.41, 5.74) is -0.708. The molecule has 0 saturated carbocycles. The molecule has 0 bridgehead atoms. The van der Waals surface area contributed by atoms with E-state index in [1.54, 1.807) is 6.92 Å². The lowest BCUT2D eigenvalue weighted by molar-refractivity contribution is 0.0200. The molecule has 8 heteroatoms. The quantitative estimate of drug-likeness (QED) is 0.357. The first kappa shape index (κ1) is 15.2. The summed E-state index contributed by atoms with van der Waals surface area (Å²) in [5, 5.41) is 25.4. The van der Waals surface area contributed by atoms with E-state index >= 15 is 0 Å². The highest BCUT2D eigenvalue weighted by atomic mass is 32.3. The monoisotopic (exact) mass is 218 g/mol. The molecule has 0 aliphatic heterocycles. The van der Waals surface area contributed by atoms with Gasteiger partial charge in [0.15, 0.2) is 0 Å². The van der Waals surface area contributed by atoms with E-state index < -0.39 is 15.8 Å². The fourth-order valence-corrected chi connectivity index (χ4v) is 0.150. The van der Waals surface area contributed by atoms with Crippen molar-refractivity contribution in [3.63, 3.8) is 0 Å². The van der Waals surface area contributed by atoms with Gasteiger partial charge in [-0.05, 0) is 0 Å². The van der Waals surface area contributed by atoms with E-state index in [4.69, 9.17) is 32.8 Å². The van der Waals surface area contributed by atoms with E-state index in [1.807, 2.05) is 0 Å². The van der Waals surface area contributed by atoms with Crippen LogP contribution in [-0.4, -0.2) is 52.7 Å². The van der Waals surface area contributed by atoms with Gasteiger partial charge in [-0.25, -0.2) is 0 Å². The van der Waals surface area contributed by atoms with Crippen LogP contribution in [0.1, 0.15) is 6.92 Å². The van der Waals surface area contributed by atoms with Crippen molar-refractivity contribution in [2.24, 2.45) is 5.41 Å². The van der Waals surface area contributed by atoms with Crippen molar-refractivity contribution < 1.29 is 32.8 Å². The van der Waals surface area contributed by atoms with Crippen LogP contribution >= 0.6 is 0 Å². The second-order valence-electron chi connectivity index (χ2n) is 2.73. The molecule has 0 atom stereocenters. The summed E-state index contributed by atoms with van der Waals surface area (Å²) in [7, 11) is -4.67. The molecule has 0 aliphatic rings. The Hall–Kier alpha value is -0.250. The predicted molar refractivity (Wildman–Crippen MR) is 43.5 cm³/mol. The summed E-state index contributed by atoms with van der Waals surface area (Å²) in [6.07, 6.45) is 0. The third kappa shape index (κ3) is 14.6. The fourth-order valence-electron chi connectivity index (χ4n) is 0.150. The van der Waals surface area contributed by atoms with Crippen molar-refractivity contribution in [2.75, 3.05) is 19.8 Å². The first-order valence-corrected chi connectivity index (χ1v) is 4.60. The molecule has 0 saturated heterocycles. The minimum Gasteiger partial charge on any atom is -0.396 e. The van der Waals surface area contributed by atoms with Crippen LogP contribution in [0.15, 0.2) is 0 Å². The Morgan fingerprint density at radius 3 is 1.15 bits per heavy atom. The van der Waals surface area contributed by atoms with Crippen molar-refractivity contribution in [3.05, 3.63) is 0 Å². The molecular formula is C5H14O7S. The van der Waals surface area contributed by atoms with Gasteiger partial charge in [0, 0.05) is 5.41 Å². The molecule has 13 heavy (non-hydrogen) atoms. The molecule has 0 aromatic heterocycles. The zero-order chi connectivity index (χ0) is 11.1. The van der Waals surface area contributed by atoms with Crippen LogP contribution < -0.4 is 0 Å². The van der Waals surface area contributed by atoms with E-state index in [1.165, 1.54) is 0 Å². The lowest BCUT2D eigenvalue weighted by atomic mass is 9.95. The standard InChI is InChI=1S/C5H12O3.H2O4S/c1-5(2-6,3-7)4-8;1-5(2,3)4/h6-8H,2-4H2,1H3;(H2,1,2,3,4). The zero-order valence-electron chi connectivity index (χ0n) is 7.08. The van der Waals surface area contributed by atoms with Crippen LogP contribution in [0, 0.1) is 5.41 Å². The molecule has 0 amide bonds. The first-order valence-electron chi connectivity index (χ1n) is 3.21. The second kappa shape index (κ2) is 6.24. The van der Waals surface area contributed by atoms with Crippen molar-refractivity contribution in [1.29, 1.82) is 0 Å². The van der Waals surface area contributed by atoms with Crippen LogP contribution in [0.4, 0.5) is 0 Å². The van der Waals surface area contributed by atoms with Crippen LogP contribution in [0.3, 0.4) is 0 Å². The first-order chi connectivity index (χ1) is 5.68. The number of aliphatic hydroxyl groups is 3. The highest BCUT2D eigenvalue weighted by molar-refractivity contribution is 7.79. The summed E-state index contributed by atoms with van der Waals surface area (Å²) < 4.78 is 31.6. The number of aliphatic hydroxyl groups excluding tert-OH is 3. The van der Waals surface area contributed by atoms with Gasteiger partial charge < -0.3 is 15.3 Å². The number of hydrogen-bond acceptors (Lipinski definition) is 5. The number of rotatable bonds is 3. The zero-order valence-corrected chi connectivity index (χ0v) is 7.90. The molecule has 0 fully saturated rings. The maximum Gasteiger partial charge on any atom is 0.394 e. The van der Waals surface area contributed by atoms with Gasteiger partial charge in [-0.2, -0.15) is 8.42 Å². The Morgan fingerprint density at radius 1 is 1.00 bits per heavy atom. The van der Waals surface area contributed by atoms with Crippen LogP contribution in [0.25, 0.3) is 0 Å². The molecule has 0 aromatic rings. The van der Waals surface area contributed by atoms with Gasteiger partial charge in [0.25, 0.3) is 0 Å². The maximum atomic E-state index is 8.74. The van der Waals surface area contributed by atoms with Crippen LogP contribution in [0.5, 0.6) is 0 Å².